The van der Waals surface area contributed by atoms with Crippen LogP contribution in [0.15, 0.2) is 36.4 Å². The molecule has 0 spiro atoms. The van der Waals surface area contributed by atoms with E-state index in [1.165, 1.54) is 11.1 Å². The zero-order chi connectivity index (χ0) is 27.3. The van der Waals surface area contributed by atoms with Crippen LogP contribution in [-0.4, -0.2) is 24.8 Å². The van der Waals surface area contributed by atoms with Gasteiger partial charge in [0.2, 0.25) is 6.29 Å². The molecule has 2 aromatic carbocycles. The number of nitrogens with one attached hydrogen (secondary N) is 1. The van der Waals surface area contributed by atoms with Crippen molar-refractivity contribution >= 4 is 23.9 Å². The zero-order valence-corrected chi connectivity index (χ0v) is 25.9. The summed E-state index contributed by atoms with van der Waals surface area (Å²) in [5.41, 5.74) is 5.00. The normalized spacial score (nSPS) is 10.9. The SMILES string of the molecule is CCCc1c(NC(=O)C=O)c(OCCCCCCCCC(=O)[O-])cc(Cc2ccccc2)c1C(C)(C)C.[Na+]. The average molecular weight is 532 g/mol. The van der Waals surface area contributed by atoms with E-state index in [0.717, 1.165) is 62.5 Å². The molecular weight excluding hydrogens is 489 g/mol. The van der Waals surface area contributed by atoms with Gasteiger partial charge in [-0.25, -0.2) is 0 Å². The van der Waals surface area contributed by atoms with Gasteiger partial charge >= 0.3 is 29.6 Å². The van der Waals surface area contributed by atoms with Gasteiger partial charge in [-0.05, 0) is 65.8 Å². The van der Waals surface area contributed by atoms with Gasteiger partial charge in [0.1, 0.15) is 5.75 Å². The first-order chi connectivity index (χ1) is 17.7. The minimum atomic E-state index is -0.988. The van der Waals surface area contributed by atoms with Gasteiger partial charge in [-0.15, -0.1) is 0 Å². The number of carboxylic acids is 1. The number of amides is 1. The van der Waals surface area contributed by atoms with Crippen LogP contribution in [-0.2, 0) is 32.6 Å². The second-order valence-corrected chi connectivity index (χ2v) is 10.6. The molecule has 202 valence electrons. The second-order valence-electron chi connectivity index (χ2n) is 10.6. The van der Waals surface area contributed by atoms with Gasteiger partial charge in [-0.1, -0.05) is 90.1 Å². The van der Waals surface area contributed by atoms with Crippen molar-refractivity contribution in [3.8, 4) is 5.75 Å². The van der Waals surface area contributed by atoms with E-state index in [1.807, 2.05) is 24.3 Å². The number of aliphatic carboxylic acids is 1. The summed E-state index contributed by atoms with van der Waals surface area (Å²) in [7, 11) is 0. The number of carbonyl (C=O) groups excluding carboxylic acids is 3. The Kier molecular flexibility index (Phi) is 15.5. The smallest absolute Gasteiger partial charge is 0.550 e. The number of anilines is 1. The van der Waals surface area contributed by atoms with Crippen LogP contribution in [0.3, 0.4) is 0 Å². The fraction of sp³-hybridized carbons (Fsp3) is 0.516. The molecule has 0 saturated carbocycles. The average Bonchev–Trinajstić information content (AvgIpc) is 2.84. The molecule has 0 bridgehead atoms. The van der Waals surface area contributed by atoms with Gasteiger partial charge in [0.25, 0.3) is 5.91 Å². The number of ether oxygens (including phenoxy) is 1. The summed E-state index contributed by atoms with van der Waals surface area (Å²) >= 11 is 0. The van der Waals surface area contributed by atoms with Crippen LogP contribution in [0.4, 0.5) is 5.69 Å². The van der Waals surface area contributed by atoms with Gasteiger partial charge in [0.15, 0.2) is 0 Å². The third kappa shape index (κ3) is 11.3. The molecule has 38 heavy (non-hydrogen) atoms. The molecule has 0 aliphatic carbocycles. The van der Waals surface area contributed by atoms with Crippen LogP contribution in [0, 0.1) is 0 Å². The fourth-order valence-electron chi connectivity index (χ4n) is 4.82. The summed E-state index contributed by atoms with van der Waals surface area (Å²) in [6, 6.07) is 12.3. The number of aldehydes is 1. The molecule has 0 aliphatic rings. The molecule has 2 aromatic rings. The summed E-state index contributed by atoms with van der Waals surface area (Å²) in [5.74, 6) is -1.07. The van der Waals surface area contributed by atoms with Crippen LogP contribution < -0.4 is 44.7 Å². The Balaban J connectivity index is 0.00000722. The van der Waals surface area contributed by atoms with E-state index in [1.54, 1.807) is 0 Å². The molecule has 0 aromatic heterocycles. The Morgan fingerprint density at radius 3 is 2.21 bits per heavy atom. The zero-order valence-electron chi connectivity index (χ0n) is 23.9. The summed E-state index contributed by atoms with van der Waals surface area (Å²) < 4.78 is 6.26. The van der Waals surface area contributed by atoms with Crippen molar-refractivity contribution in [2.24, 2.45) is 0 Å². The van der Waals surface area contributed by atoms with Gasteiger partial charge in [-0.2, -0.15) is 0 Å². The predicted molar refractivity (Wildman–Crippen MR) is 146 cm³/mol. The Bertz CT molecular complexity index is 1030. The molecule has 0 fully saturated rings. The van der Waals surface area contributed by atoms with E-state index in [9.17, 15) is 19.5 Å². The third-order valence-electron chi connectivity index (χ3n) is 6.35. The van der Waals surface area contributed by atoms with Crippen LogP contribution >= 0.6 is 0 Å². The quantitative estimate of drug-likeness (QED) is 0.155. The van der Waals surface area contributed by atoms with E-state index in [-0.39, 0.29) is 41.4 Å². The first-order valence-electron chi connectivity index (χ1n) is 13.5. The minimum absolute atomic E-state index is 0. The first kappa shape index (κ1) is 33.9. The summed E-state index contributed by atoms with van der Waals surface area (Å²) in [6.07, 6.45) is 8.16. The van der Waals surface area contributed by atoms with Crippen molar-refractivity contribution in [2.45, 2.75) is 97.3 Å². The molecule has 0 aliphatic heterocycles. The van der Waals surface area contributed by atoms with Crippen molar-refractivity contribution in [2.75, 3.05) is 11.9 Å². The van der Waals surface area contributed by atoms with E-state index < -0.39 is 11.9 Å². The number of rotatable bonds is 16. The Hall–Kier alpha value is -2.15. The third-order valence-corrected chi connectivity index (χ3v) is 6.35. The summed E-state index contributed by atoms with van der Waals surface area (Å²) in [4.78, 5) is 33.9. The van der Waals surface area contributed by atoms with Crippen molar-refractivity contribution in [3.05, 3.63) is 58.7 Å². The van der Waals surface area contributed by atoms with Crippen molar-refractivity contribution in [3.63, 3.8) is 0 Å². The van der Waals surface area contributed by atoms with Crippen LogP contribution in [0.25, 0.3) is 0 Å². The largest absolute Gasteiger partial charge is 1.00 e. The van der Waals surface area contributed by atoms with Gasteiger partial charge < -0.3 is 20.0 Å². The number of carbonyl (C=O) groups is 3. The monoisotopic (exact) mass is 531 g/mol. The number of carboxylic acid groups (broad SMARTS) is 1. The molecule has 0 radical (unpaired) electrons. The van der Waals surface area contributed by atoms with Crippen LogP contribution in [0.1, 0.15) is 101 Å². The van der Waals surface area contributed by atoms with E-state index in [0.29, 0.717) is 30.8 Å². The molecule has 6 nitrogen and oxygen atoms in total. The van der Waals surface area contributed by atoms with Crippen LogP contribution in [0.5, 0.6) is 5.75 Å². The van der Waals surface area contributed by atoms with E-state index in [2.05, 4.69) is 45.1 Å². The molecule has 0 atom stereocenters. The second kappa shape index (κ2) is 17.4. The molecule has 1 N–H and O–H groups in total. The number of benzene rings is 2. The van der Waals surface area contributed by atoms with Gasteiger partial charge in [0.05, 0.1) is 12.3 Å². The molecule has 0 heterocycles. The maximum Gasteiger partial charge on any atom is 1.00 e. The van der Waals surface area contributed by atoms with E-state index in [4.69, 9.17) is 4.74 Å². The molecular formula is C31H42NNaO5. The Labute approximate surface area is 250 Å². The van der Waals surface area contributed by atoms with Gasteiger partial charge in [0, 0.05) is 5.97 Å². The van der Waals surface area contributed by atoms with E-state index >= 15 is 0 Å². The molecule has 7 heteroatoms. The molecule has 2 rings (SSSR count). The summed E-state index contributed by atoms with van der Waals surface area (Å²) in [5, 5.41) is 13.3. The Morgan fingerprint density at radius 2 is 1.63 bits per heavy atom. The first-order valence-corrected chi connectivity index (χ1v) is 13.5. The van der Waals surface area contributed by atoms with Crippen molar-refractivity contribution < 1.29 is 53.8 Å². The summed E-state index contributed by atoms with van der Waals surface area (Å²) in [6.45, 7) is 9.13. The standard InChI is InChI=1S/C31H43NO5.Na/c1-5-15-25-29(31(2,3)4)24(20-23-16-11-10-12-17-23)21-26(30(25)32-27(34)22-33)37-19-14-9-7-6-8-13-18-28(35)36;/h10-12,16-17,21-22H,5-9,13-15,18-20H2,1-4H3,(H,32,34)(H,35,36);/q;+1/p-1. The predicted octanol–water partition coefficient (Wildman–Crippen LogP) is 2.53. The number of hydrogen-bond donors (Lipinski definition) is 1. The maximum absolute atomic E-state index is 12.2. The minimum Gasteiger partial charge on any atom is -0.550 e. The molecule has 1 amide bonds. The Morgan fingerprint density at radius 1 is 1.00 bits per heavy atom. The van der Waals surface area contributed by atoms with Crippen LogP contribution in [0.2, 0.25) is 0 Å². The fourth-order valence-corrected chi connectivity index (χ4v) is 4.82. The van der Waals surface area contributed by atoms with Crippen molar-refractivity contribution in [1.29, 1.82) is 0 Å². The van der Waals surface area contributed by atoms with Gasteiger partial charge in [-0.3, -0.25) is 9.59 Å². The maximum atomic E-state index is 12.2. The topological polar surface area (TPSA) is 95.5 Å². The number of hydrogen-bond acceptors (Lipinski definition) is 5. The molecule has 0 saturated heterocycles. The van der Waals surface area contributed by atoms with Crippen molar-refractivity contribution in [1.82, 2.24) is 0 Å². The number of unbranched alkanes of at least 4 members (excludes halogenated alkanes) is 5. The molecule has 0 unspecified atom stereocenters.